The van der Waals surface area contributed by atoms with Crippen molar-refractivity contribution in [3.63, 3.8) is 0 Å². The first-order valence-corrected chi connectivity index (χ1v) is 10.1. The molecule has 0 amide bonds. The molecule has 0 bridgehead atoms. The van der Waals surface area contributed by atoms with Crippen molar-refractivity contribution in [3.05, 3.63) is 46.2 Å². The number of carbonyl (C=O) groups is 1. The zero-order chi connectivity index (χ0) is 21.8. The van der Waals surface area contributed by atoms with E-state index in [9.17, 15) is 9.90 Å². The zero-order valence-electron chi connectivity index (χ0n) is 18.6. The maximum absolute atomic E-state index is 11.4. The summed E-state index contributed by atoms with van der Waals surface area (Å²) < 4.78 is 17.1. The predicted octanol–water partition coefficient (Wildman–Crippen LogP) is 4.55. The van der Waals surface area contributed by atoms with Crippen LogP contribution < -0.4 is 4.74 Å². The summed E-state index contributed by atoms with van der Waals surface area (Å²) in [6.07, 6.45) is 0.169. The van der Waals surface area contributed by atoms with Gasteiger partial charge in [-0.25, -0.2) is 9.78 Å². The van der Waals surface area contributed by atoms with Crippen molar-refractivity contribution in [2.24, 2.45) is 0 Å². The summed E-state index contributed by atoms with van der Waals surface area (Å²) in [5, 5.41) is 9.34. The van der Waals surface area contributed by atoms with Crippen molar-refractivity contribution in [2.75, 3.05) is 13.2 Å². The lowest BCUT2D eigenvalue weighted by molar-refractivity contribution is -0.149. The van der Waals surface area contributed by atoms with E-state index in [0.717, 1.165) is 39.8 Å². The Morgan fingerprint density at radius 2 is 1.83 bits per heavy atom. The molecule has 2 rings (SSSR count). The molecule has 0 aliphatic carbocycles. The quantitative estimate of drug-likeness (QED) is 0.661. The Balaban J connectivity index is 2.04. The van der Waals surface area contributed by atoms with Gasteiger partial charge in [-0.3, -0.25) is 0 Å². The Labute approximate surface area is 173 Å². The van der Waals surface area contributed by atoms with E-state index in [2.05, 4.69) is 25.8 Å². The Morgan fingerprint density at radius 3 is 2.31 bits per heavy atom. The molecule has 29 heavy (non-hydrogen) atoms. The van der Waals surface area contributed by atoms with E-state index in [1.54, 1.807) is 6.92 Å². The number of carboxylic acids is 1. The van der Waals surface area contributed by atoms with Gasteiger partial charge in [0.2, 0.25) is 0 Å². The number of aromatic nitrogens is 1. The van der Waals surface area contributed by atoms with Gasteiger partial charge in [0.15, 0.2) is 12.0 Å². The van der Waals surface area contributed by atoms with E-state index in [1.165, 1.54) is 0 Å². The van der Waals surface area contributed by atoms with Crippen LogP contribution in [0.2, 0.25) is 0 Å². The number of benzene rings is 1. The lowest BCUT2D eigenvalue weighted by Gasteiger charge is -2.17. The lowest BCUT2D eigenvalue weighted by atomic mass is 9.97. The molecular formula is C23H33NO5. The van der Waals surface area contributed by atoms with Crippen molar-refractivity contribution in [2.45, 2.75) is 72.8 Å². The van der Waals surface area contributed by atoms with Crippen molar-refractivity contribution < 1.29 is 23.8 Å². The normalized spacial score (nSPS) is 12.8. The minimum absolute atomic E-state index is 0.122. The summed E-state index contributed by atoms with van der Waals surface area (Å²) >= 11 is 0. The van der Waals surface area contributed by atoms with E-state index in [4.69, 9.17) is 13.9 Å². The van der Waals surface area contributed by atoms with Gasteiger partial charge in [0.25, 0.3) is 0 Å². The van der Waals surface area contributed by atoms with Crippen LogP contribution in [0.25, 0.3) is 0 Å². The largest absolute Gasteiger partial charge is 0.493 e. The number of nitrogens with zero attached hydrogens (tertiary/aromatic N) is 1. The minimum atomic E-state index is -0.941. The van der Waals surface area contributed by atoms with Gasteiger partial charge in [-0.05, 0) is 56.5 Å². The van der Waals surface area contributed by atoms with Crippen LogP contribution in [0.5, 0.6) is 5.75 Å². The topological polar surface area (TPSA) is 81.8 Å². The maximum Gasteiger partial charge on any atom is 0.333 e. The first-order valence-electron chi connectivity index (χ1n) is 10.1. The number of aliphatic carboxylic acids is 1. The summed E-state index contributed by atoms with van der Waals surface area (Å²) in [5.74, 6) is 1.40. The molecule has 1 aromatic heterocycles. The Bertz CT molecular complexity index is 824. The highest BCUT2D eigenvalue weighted by molar-refractivity contribution is 5.73. The standard InChI is InChI=1S/C23H33NO5/c1-8-27-20(21(25)26)13-18-14(2)11-17(12-15(18)3)28-10-9-19-16(4)29-22(24-19)23(5,6)7/h11-12,20H,8-10,13H2,1-7H3,(H,25,26)/t20-/m0/s1. The molecule has 6 heteroatoms. The molecule has 2 aromatic rings. The van der Waals surface area contributed by atoms with Crippen LogP contribution in [0.15, 0.2) is 16.5 Å². The molecule has 1 N–H and O–H groups in total. The fourth-order valence-corrected chi connectivity index (χ4v) is 3.21. The molecule has 0 unspecified atom stereocenters. The first-order chi connectivity index (χ1) is 13.5. The molecule has 0 radical (unpaired) electrons. The third kappa shape index (κ3) is 6.07. The van der Waals surface area contributed by atoms with Gasteiger partial charge in [-0.15, -0.1) is 0 Å². The van der Waals surface area contributed by atoms with Gasteiger partial charge in [0.1, 0.15) is 11.5 Å². The lowest BCUT2D eigenvalue weighted by Crippen LogP contribution is -2.27. The van der Waals surface area contributed by atoms with Crippen LogP contribution in [0.3, 0.4) is 0 Å². The number of aryl methyl sites for hydroxylation is 3. The van der Waals surface area contributed by atoms with E-state index >= 15 is 0 Å². The van der Waals surface area contributed by atoms with E-state index in [0.29, 0.717) is 26.1 Å². The van der Waals surface area contributed by atoms with Gasteiger partial charge < -0.3 is 19.0 Å². The van der Waals surface area contributed by atoms with Crippen molar-refractivity contribution >= 4 is 5.97 Å². The van der Waals surface area contributed by atoms with E-state index < -0.39 is 12.1 Å². The monoisotopic (exact) mass is 403 g/mol. The summed E-state index contributed by atoms with van der Waals surface area (Å²) in [7, 11) is 0. The Hall–Kier alpha value is -2.34. The van der Waals surface area contributed by atoms with Crippen LogP contribution in [-0.4, -0.2) is 35.4 Å². The SMILES string of the molecule is CCO[C@@H](Cc1c(C)cc(OCCc2nc(C(C)(C)C)oc2C)cc1C)C(=O)O. The van der Waals surface area contributed by atoms with E-state index in [1.807, 2.05) is 32.9 Å². The third-order valence-corrected chi connectivity index (χ3v) is 4.84. The van der Waals surface area contributed by atoms with Gasteiger partial charge in [-0.1, -0.05) is 20.8 Å². The summed E-state index contributed by atoms with van der Waals surface area (Å²) in [6.45, 7) is 14.8. The summed E-state index contributed by atoms with van der Waals surface area (Å²) in [5.41, 5.74) is 3.78. The Morgan fingerprint density at radius 1 is 1.21 bits per heavy atom. The highest BCUT2D eigenvalue weighted by Crippen LogP contribution is 2.26. The molecule has 1 aromatic carbocycles. The number of carboxylic acid groups (broad SMARTS) is 1. The van der Waals surface area contributed by atoms with Crippen LogP contribution in [0.4, 0.5) is 0 Å². The highest BCUT2D eigenvalue weighted by atomic mass is 16.5. The fraction of sp³-hybridized carbons (Fsp3) is 0.565. The van der Waals surface area contributed by atoms with Crippen molar-refractivity contribution in [1.82, 2.24) is 4.98 Å². The van der Waals surface area contributed by atoms with Crippen LogP contribution >= 0.6 is 0 Å². The van der Waals surface area contributed by atoms with E-state index in [-0.39, 0.29) is 5.41 Å². The molecular weight excluding hydrogens is 370 g/mol. The fourth-order valence-electron chi connectivity index (χ4n) is 3.21. The average molecular weight is 404 g/mol. The number of rotatable bonds is 9. The zero-order valence-corrected chi connectivity index (χ0v) is 18.6. The van der Waals surface area contributed by atoms with Gasteiger partial charge in [-0.2, -0.15) is 0 Å². The second-order valence-electron chi connectivity index (χ2n) is 8.39. The smallest absolute Gasteiger partial charge is 0.333 e. The molecule has 160 valence electrons. The van der Waals surface area contributed by atoms with Gasteiger partial charge in [0.05, 0.1) is 12.3 Å². The molecule has 1 heterocycles. The molecule has 0 aliphatic rings. The molecule has 0 aliphatic heterocycles. The maximum atomic E-state index is 11.4. The molecule has 0 saturated carbocycles. The van der Waals surface area contributed by atoms with Crippen molar-refractivity contribution in [3.8, 4) is 5.75 Å². The second kappa shape index (κ2) is 9.44. The summed E-state index contributed by atoms with van der Waals surface area (Å²) in [6, 6.07) is 3.90. The number of ether oxygens (including phenoxy) is 2. The molecule has 0 spiro atoms. The number of oxazole rings is 1. The number of hydrogen-bond acceptors (Lipinski definition) is 5. The Kier molecular flexibility index (Phi) is 7.47. The molecule has 1 atom stereocenters. The third-order valence-electron chi connectivity index (χ3n) is 4.84. The van der Waals surface area contributed by atoms with Crippen LogP contribution in [0.1, 0.15) is 61.7 Å². The minimum Gasteiger partial charge on any atom is -0.493 e. The second-order valence-corrected chi connectivity index (χ2v) is 8.39. The van der Waals surface area contributed by atoms with Gasteiger partial charge >= 0.3 is 5.97 Å². The highest BCUT2D eigenvalue weighted by Gasteiger charge is 2.23. The predicted molar refractivity (Wildman–Crippen MR) is 112 cm³/mol. The average Bonchev–Trinajstić information content (AvgIpc) is 2.98. The molecule has 0 saturated heterocycles. The van der Waals surface area contributed by atoms with Crippen molar-refractivity contribution in [1.29, 1.82) is 0 Å². The first kappa shape index (κ1) is 22.9. The van der Waals surface area contributed by atoms with Crippen LogP contribution in [-0.2, 0) is 27.8 Å². The van der Waals surface area contributed by atoms with Crippen LogP contribution in [0, 0.1) is 20.8 Å². The molecule has 0 fully saturated rings. The summed E-state index contributed by atoms with van der Waals surface area (Å²) in [4.78, 5) is 16.0. The molecule has 6 nitrogen and oxygen atoms in total. The number of hydrogen-bond donors (Lipinski definition) is 1. The van der Waals surface area contributed by atoms with Gasteiger partial charge in [0, 0.05) is 24.9 Å².